The highest BCUT2D eigenvalue weighted by Crippen LogP contribution is 2.22. The molecule has 1 saturated heterocycles. The molecular formula is C19H27N7O. The van der Waals surface area contributed by atoms with Gasteiger partial charge in [0.1, 0.15) is 11.6 Å². The summed E-state index contributed by atoms with van der Waals surface area (Å²) in [5.41, 5.74) is 2.89. The Morgan fingerprint density at radius 3 is 2.41 bits per heavy atom. The number of anilines is 1. The summed E-state index contributed by atoms with van der Waals surface area (Å²) in [4.78, 5) is 4.77. The van der Waals surface area contributed by atoms with Crippen molar-refractivity contribution in [2.45, 2.75) is 46.6 Å². The first kappa shape index (κ1) is 17.9. The molecule has 0 unspecified atom stereocenters. The second kappa shape index (κ2) is 6.60. The van der Waals surface area contributed by atoms with E-state index in [0.29, 0.717) is 0 Å². The molecule has 0 N–H and O–H groups in total. The lowest BCUT2D eigenvalue weighted by Gasteiger charge is -2.35. The molecule has 0 aliphatic carbocycles. The molecule has 3 aromatic heterocycles. The predicted molar refractivity (Wildman–Crippen MR) is 103 cm³/mol. The highest BCUT2D eigenvalue weighted by Gasteiger charge is 2.24. The summed E-state index contributed by atoms with van der Waals surface area (Å²) < 4.78 is 7.17. The van der Waals surface area contributed by atoms with Crippen molar-refractivity contribution in [2.75, 3.05) is 31.1 Å². The minimum atomic E-state index is -0.0991. The number of rotatable bonds is 3. The zero-order valence-corrected chi connectivity index (χ0v) is 16.7. The highest BCUT2D eigenvalue weighted by molar-refractivity contribution is 5.46. The lowest BCUT2D eigenvalue weighted by molar-refractivity contribution is 0.247. The van der Waals surface area contributed by atoms with Gasteiger partial charge in [-0.1, -0.05) is 25.9 Å². The van der Waals surface area contributed by atoms with Crippen molar-refractivity contribution in [1.29, 1.82) is 0 Å². The molecule has 8 nitrogen and oxygen atoms in total. The van der Waals surface area contributed by atoms with Crippen molar-refractivity contribution >= 4 is 11.5 Å². The van der Waals surface area contributed by atoms with E-state index in [1.54, 1.807) is 0 Å². The first-order valence-electron chi connectivity index (χ1n) is 9.45. The fraction of sp³-hybridized carbons (Fsp3) is 0.579. The maximum Gasteiger partial charge on any atom is 0.178 e. The van der Waals surface area contributed by atoms with Gasteiger partial charge in [-0.15, -0.1) is 15.3 Å². The second-order valence-electron chi connectivity index (χ2n) is 8.30. The van der Waals surface area contributed by atoms with Crippen LogP contribution in [0.5, 0.6) is 0 Å². The number of piperazine rings is 1. The van der Waals surface area contributed by atoms with E-state index < -0.39 is 0 Å². The summed E-state index contributed by atoms with van der Waals surface area (Å²) in [5, 5.41) is 17.5. The van der Waals surface area contributed by atoms with Crippen LogP contribution in [-0.4, -0.2) is 56.0 Å². The van der Waals surface area contributed by atoms with Crippen molar-refractivity contribution in [3.05, 3.63) is 35.0 Å². The summed E-state index contributed by atoms with van der Waals surface area (Å²) in [5.74, 6) is 2.78. The van der Waals surface area contributed by atoms with Crippen molar-refractivity contribution in [3.63, 3.8) is 0 Å². The van der Waals surface area contributed by atoms with Gasteiger partial charge in [0.25, 0.3) is 0 Å². The fourth-order valence-corrected chi connectivity index (χ4v) is 3.50. The normalized spacial score (nSPS) is 16.4. The molecule has 0 radical (unpaired) electrons. The molecule has 0 spiro atoms. The summed E-state index contributed by atoms with van der Waals surface area (Å²) in [6.45, 7) is 15.1. The molecule has 0 saturated carbocycles. The Balaban J connectivity index is 1.48. The number of fused-ring (bicyclic) bond motifs is 1. The van der Waals surface area contributed by atoms with Crippen LogP contribution in [0.4, 0.5) is 5.82 Å². The lowest BCUT2D eigenvalue weighted by Crippen LogP contribution is -2.46. The van der Waals surface area contributed by atoms with E-state index in [9.17, 15) is 0 Å². The van der Waals surface area contributed by atoms with Crippen LogP contribution in [0.2, 0.25) is 0 Å². The van der Waals surface area contributed by atoms with E-state index in [4.69, 9.17) is 9.62 Å². The Bertz CT molecular complexity index is 925. The van der Waals surface area contributed by atoms with Crippen LogP contribution in [0, 0.1) is 13.8 Å². The monoisotopic (exact) mass is 369 g/mol. The fourth-order valence-electron chi connectivity index (χ4n) is 3.50. The van der Waals surface area contributed by atoms with Crippen LogP contribution >= 0.6 is 0 Å². The minimum absolute atomic E-state index is 0.0991. The van der Waals surface area contributed by atoms with Crippen LogP contribution in [0.25, 0.3) is 5.65 Å². The van der Waals surface area contributed by atoms with Gasteiger partial charge in [0.2, 0.25) is 0 Å². The molecule has 4 heterocycles. The lowest BCUT2D eigenvalue weighted by atomic mass is 9.96. The number of nitrogens with zero attached hydrogens (tertiary/aromatic N) is 7. The molecule has 27 heavy (non-hydrogen) atoms. The van der Waals surface area contributed by atoms with Crippen molar-refractivity contribution in [1.82, 2.24) is 29.9 Å². The first-order valence-corrected chi connectivity index (χ1v) is 9.45. The van der Waals surface area contributed by atoms with Crippen molar-refractivity contribution < 1.29 is 4.52 Å². The molecule has 1 fully saturated rings. The summed E-state index contributed by atoms with van der Waals surface area (Å²) in [6, 6.07) is 4.04. The number of hydrogen-bond acceptors (Lipinski definition) is 7. The molecule has 4 rings (SSSR count). The van der Waals surface area contributed by atoms with Crippen LogP contribution in [-0.2, 0) is 12.0 Å². The SMILES string of the molecule is Cc1noc(C)c1CN1CCN(c2ccc3nnc(C(C)(C)C)n3n2)CC1. The molecule has 144 valence electrons. The number of aryl methyl sites for hydroxylation is 2. The van der Waals surface area contributed by atoms with E-state index in [1.807, 2.05) is 30.5 Å². The summed E-state index contributed by atoms with van der Waals surface area (Å²) in [7, 11) is 0. The Labute approximate surface area is 159 Å². The average molecular weight is 369 g/mol. The van der Waals surface area contributed by atoms with Gasteiger partial charge in [0.15, 0.2) is 11.5 Å². The molecule has 0 amide bonds. The van der Waals surface area contributed by atoms with Gasteiger partial charge >= 0.3 is 0 Å². The topological polar surface area (TPSA) is 75.6 Å². The van der Waals surface area contributed by atoms with Gasteiger partial charge in [-0.25, -0.2) is 0 Å². The van der Waals surface area contributed by atoms with Crippen LogP contribution in [0.1, 0.15) is 43.6 Å². The Morgan fingerprint density at radius 1 is 1.04 bits per heavy atom. The van der Waals surface area contributed by atoms with E-state index >= 15 is 0 Å². The Hall–Kier alpha value is -2.48. The van der Waals surface area contributed by atoms with E-state index in [2.05, 4.69) is 45.9 Å². The molecule has 3 aromatic rings. The predicted octanol–water partition coefficient (Wildman–Crippen LogP) is 2.35. The Morgan fingerprint density at radius 2 is 1.78 bits per heavy atom. The van der Waals surface area contributed by atoms with Gasteiger partial charge in [0, 0.05) is 43.7 Å². The van der Waals surface area contributed by atoms with Gasteiger partial charge in [-0.3, -0.25) is 4.90 Å². The van der Waals surface area contributed by atoms with Gasteiger partial charge in [0.05, 0.1) is 5.69 Å². The van der Waals surface area contributed by atoms with Crippen molar-refractivity contribution in [2.24, 2.45) is 0 Å². The summed E-state index contributed by atoms with van der Waals surface area (Å²) in [6.07, 6.45) is 0. The molecule has 1 aliphatic rings. The smallest absolute Gasteiger partial charge is 0.178 e. The van der Waals surface area contributed by atoms with Crippen LogP contribution < -0.4 is 4.90 Å². The molecular weight excluding hydrogens is 342 g/mol. The third-order valence-electron chi connectivity index (χ3n) is 5.18. The number of aromatic nitrogens is 5. The molecule has 1 aliphatic heterocycles. The zero-order chi connectivity index (χ0) is 19.2. The largest absolute Gasteiger partial charge is 0.361 e. The second-order valence-corrected chi connectivity index (χ2v) is 8.30. The first-order chi connectivity index (χ1) is 12.8. The maximum absolute atomic E-state index is 5.29. The third kappa shape index (κ3) is 3.41. The van der Waals surface area contributed by atoms with E-state index in [0.717, 1.165) is 61.5 Å². The van der Waals surface area contributed by atoms with E-state index in [1.165, 1.54) is 5.56 Å². The van der Waals surface area contributed by atoms with E-state index in [-0.39, 0.29) is 5.41 Å². The van der Waals surface area contributed by atoms with Crippen molar-refractivity contribution in [3.8, 4) is 0 Å². The van der Waals surface area contributed by atoms with Gasteiger partial charge < -0.3 is 9.42 Å². The zero-order valence-electron chi connectivity index (χ0n) is 16.7. The Kier molecular flexibility index (Phi) is 4.38. The van der Waals surface area contributed by atoms with Crippen LogP contribution in [0.3, 0.4) is 0 Å². The van der Waals surface area contributed by atoms with Gasteiger partial charge in [-0.05, 0) is 26.0 Å². The van der Waals surface area contributed by atoms with Crippen LogP contribution in [0.15, 0.2) is 16.7 Å². The highest BCUT2D eigenvalue weighted by atomic mass is 16.5. The maximum atomic E-state index is 5.29. The molecule has 8 heteroatoms. The molecule has 0 bridgehead atoms. The number of hydrogen-bond donors (Lipinski definition) is 0. The minimum Gasteiger partial charge on any atom is -0.361 e. The van der Waals surface area contributed by atoms with Gasteiger partial charge in [-0.2, -0.15) is 4.52 Å². The molecule has 0 aromatic carbocycles. The molecule has 0 atom stereocenters. The third-order valence-corrected chi connectivity index (χ3v) is 5.18. The standard InChI is InChI=1S/C19H27N7O/c1-13-15(14(2)27-23-13)12-24-8-10-25(11-9-24)17-7-6-16-20-21-18(19(3,4)5)26(16)22-17/h6-7H,8-12H2,1-5H3. The quantitative estimate of drug-likeness (QED) is 0.701. The average Bonchev–Trinajstić information content (AvgIpc) is 3.20. The summed E-state index contributed by atoms with van der Waals surface area (Å²) >= 11 is 0.